The summed E-state index contributed by atoms with van der Waals surface area (Å²) in [5.41, 5.74) is 2.02. The summed E-state index contributed by atoms with van der Waals surface area (Å²) < 4.78 is 27.9. The van der Waals surface area contributed by atoms with E-state index in [0.717, 1.165) is 29.8 Å². The molecule has 0 saturated carbocycles. The van der Waals surface area contributed by atoms with Gasteiger partial charge in [-0.25, -0.2) is 13.9 Å². The molecule has 2 amide bonds. The third-order valence-corrected chi connectivity index (χ3v) is 5.93. The number of nitrogens with zero attached hydrogens (tertiary/aromatic N) is 3. The lowest BCUT2D eigenvalue weighted by atomic mass is 10.1. The molecule has 1 fully saturated rings. The Morgan fingerprint density at radius 3 is 2.64 bits per heavy atom. The van der Waals surface area contributed by atoms with Crippen LogP contribution in [0.2, 0.25) is 0 Å². The molecule has 1 N–H and O–H groups in total. The summed E-state index contributed by atoms with van der Waals surface area (Å²) >= 11 is 0. The Balaban J connectivity index is 1.76. The molecule has 0 aliphatic carbocycles. The largest absolute Gasteiger partial charge is 0.438 e. The van der Waals surface area contributed by atoms with E-state index in [4.69, 9.17) is 14.6 Å². The quantitative estimate of drug-likeness (QED) is 0.426. The van der Waals surface area contributed by atoms with E-state index in [1.165, 1.54) is 12.1 Å². The molecule has 192 valence electrons. The monoisotopic (exact) mass is 494 g/mol. The van der Waals surface area contributed by atoms with Crippen LogP contribution in [-0.4, -0.2) is 45.5 Å². The number of carbonyl (C=O) groups is 1. The third-order valence-electron chi connectivity index (χ3n) is 5.93. The maximum Gasteiger partial charge on any atom is 0.318 e. The maximum absolute atomic E-state index is 14.0. The zero-order valence-corrected chi connectivity index (χ0v) is 21.5. The topological polar surface area (TPSA) is 68.6 Å². The number of ether oxygens (including phenoxy) is 2. The Hall–Kier alpha value is -3.39. The van der Waals surface area contributed by atoms with Crippen LogP contribution in [0.4, 0.5) is 9.18 Å². The van der Waals surface area contributed by atoms with Crippen molar-refractivity contribution >= 4 is 6.03 Å². The van der Waals surface area contributed by atoms with E-state index >= 15 is 0 Å². The number of para-hydroxylation sites is 1. The molecule has 1 unspecified atom stereocenters. The fourth-order valence-electron chi connectivity index (χ4n) is 4.26. The molecule has 3 aromatic rings. The number of hydrogen-bond donors (Lipinski definition) is 1. The molecule has 4 rings (SSSR count). The van der Waals surface area contributed by atoms with E-state index in [-0.39, 0.29) is 24.5 Å². The Morgan fingerprint density at radius 2 is 2.00 bits per heavy atom. The number of urea groups is 1. The maximum atomic E-state index is 14.0. The number of halogens is 1. The Kier molecular flexibility index (Phi) is 7.94. The smallest absolute Gasteiger partial charge is 0.318 e. The summed E-state index contributed by atoms with van der Waals surface area (Å²) in [6, 6.07) is 15.5. The van der Waals surface area contributed by atoms with Crippen LogP contribution in [0.1, 0.15) is 51.8 Å². The predicted molar refractivity (Wildman–Crippen MR) is 137 cm³/mol. The van der Waals surface area contributed by atoms with Gasteiger partial charge in [-0.1, -0.05) is 31.2 Å². The first kappa shape index (κ1) is 25.7. The van der Waals surface area contributed by atoms with Gasteiger partial charge >= 0.3 is 6.03 Å². The van der Waals surface area contributed by atoms with E-state index in [0.29, 0.717) is 31.2 Å². The number of aromatic nitrogens is 2. The van der Waals surface area contributed by atoms with Gasteiger partial charge in [-0.15, -0.1) is 0 Å². The molecule has 1 atom stereocenters. The average Bonchev–Trinajstić information content (AvgIpc) is 3.46. The summed E-state index contributed by atoms with van der Waals surface area (Å²) in [4.78, 5) is 15.2. The van der Waals surface area contributed by atoms with Crippen molar-refractivity contribution in [2.75, 3.05) is 13.2 Å². The average molecular weight is 495 g/mol. The minimum Gasteiger partial charge on any atom is -0.438 e. The van der Waals surface area contributed by atoms with Crippen molar-refractivity contribution in [2.45, 2.75) is 65.1 Å². The van der Waals surface area contributed by atoms with E-state index < -0.39 is 5.54 Å². The lowest BCUT2D eigenvalue weighted by Crippen LogP contribution is -2.50. The first-order valence-corrected chi connectivity index (χ1v) is 12.5. The minimum atomic E-state index is -0.394. The van der Waals surface area contributed by atoms with Crippen LogP contribution in [0.15, 0.2) is 54.6 Å². The number of hydrogen-bond acceptors (Lipinski definition) is 4. The highest BCUT2D eigenvalue weighted by atomic mass is 19.1. The molecule has 1 aliphatic heterocycles. The number of aryl methyl sites for hydroxylation is 1. The molecule has 1 aromatic heterocycles. The van der Waals surface area contributed by atoms with E-state index in [1.807, 2.05) is 58.0 Å². The van der Waals surface area contributed by atoms with Crippen molar-refractivity contribution in [2.24, 2.45) is 0 Å². The fourth-order valence-corrected chi connectivity index (χ4v) is 4.26. The van der Waals surface area contributed by atoms with Gasteiger partial charge in [-0.05, 0) is 64.3 Å². The molecule has 0 radical (unpaired) electrons. The molecule has 7 nitrogen and oxygen atoms in total. The predicted octanol–water partition coefficient (Wildman–Crippen LogP) is 5.86. The molecule has 2 aromatic carbocycles. The van der Waals surface area contributed by atoms with Crippen LogP contribution in [0.25, 0.3) is 5.69 Å². The van der Waals surface area contributed by atoms with E-state index in [2.05, 4.69) is 5.32 Å². The molecule has 1 aliphatic rings. The van der Waals surface area contributed by atoms with Crippen LogP contribution in [-0.2, 0) is 17.7 Å². The van der Waals surface area contributed by atoms with Gasteiger partial charge in [-0.2, -0.15) is 5.10 Å². The summed E-state index contributed by atoms with van der Waals surface area (Å²) in [5.74, 6) is 0.436. The Morgan fingerprint density at radius 1 is 1.22 bits per heavy atom. The van der Waals surface area contributed by atoms with E-state index in [1.54, 1.807) is 21.7 Å². The van der Waals surface area contributed by atoms with Crippen molar-refractivity contribution in [1.82, 2.24) is 20.0 Å². The fraction of sp³-hybridized carbons (Fsp3) is 0.429. The van der Waals surface area contributed by atoms with Gasteiger partial charge in [0.25, 0.3) is 0 Å². The minimum absolute atomic E-state index is 0.0162. The zero-order valence-electron chi connectivity index (χ0n) is 21.5. The van der Waals surface area contributed by atoms with Crippen LogP contribution in [0.3, 0.4) is 0 Å². The second-order valence-electron chi connectivity index (χ2n) is 10.1. The lowest BCUT2D eigenvalue weighted by Gasteiger charge is -2.30. The molecular formula is C28H35FN4O3. The van der Waals surface area contributed by atoms with Crippen LogP contribution in [0.5, 0.6) is 11.6 Å². The van der Waals surface area contributed by atoms with E-state index in [9.17, 15) is 9.18 Å². The van der Waals surface area contributed by atoms with Crippen molar-refractivity contribution in [3.8, 4) is 17.3 Å². The molecule has 36 heavy (non-hydrogen) atoms. The van der Waals surface area contributed by atoms with Crippen LogP contribution in [0, 0.1) is 5.82 Å². The van der Waals surface area contributed by atoms with Crippen molar-refractivity contribution in [3.63, 3.8) is 0 Å². The molecule has 0 spiro atoms. The van der Waals surface area contributed by atoms with Gasteiger partial charge in [0.2, 0.25) is 5.88 Å². The van der Waals surface area contributed by atoms with Crippen LogP contribution < -0.4 is 10.1 Å². The van der Waals surface area contributed by atoms with Crippen molar-refractivity contribution in [3.05, 3.63) is 71.7 Å². The van der Waals surface area contributed by atoms with Crippen molar-refractivity contribution in [1.29, 1.82) is 0 Å². The highest BCUT2D eigenvalue weighted by molar-refractivity contribution is 5.75. The van der Waals surface area contributed by atoms with Crippen LogP contribution >= 0.6 is 0 Å². The first-order chi connectivity index (χ1) is 17.2. The number of amides is 2. The van der Waals surface area contributed by atoms with Gasteiger partial charge in [0.05, 0.1) is 29.6 Å². The summed E-state index contributed by atoms with van der Waals surface area (Å²) in [5, 5.41) is 7.92. The normalized spacial score (nSPS) is 15.6. The summed E-state index contributed by atoms with van der Waals surface area (Å²) in [6.07, 6.45) is 2.52. The number of rotatable bonds is 8. The number of nitrogens with one attached hydrogen (secondary N) is 1. The first-order valence-electron chi connectivity index (χ1n) is 12.5. The zero-order chi connectivity index (χ0) is 25.7. The molecular weight excluding hydrogens is 459 g/mol. The van der Waals surface area contributed by atoms with Gasteiger partial charge < -0.3 is 19.7 Å². The SMILES string of the molecule is CCc1nn(-c2ccccc2)c(Oc2cccc(F)c2)c1CN(CC1CCCO1)C(=O)NC(C)(C)C. The second kappa shape index (κ2) is 11.1. The molecule has 1 saturated heterocycles. The standard InChI is InChI=1S/C28H35FN4O3/c1-5-25-24(19-32(18-23-15-10-16-35-23)27(34)30-28(2,3)4)26(36-22-14-9-11-20(29)17-22)33(31-25)21-12-7-6-8-13-21/h6-9,11-14,17,23H,5,10,15-16,18-19H2,1-4H3,(H,30,34). The Bertz CT molecular complexity index is 1170. The second-order valence-corrected chi connectivity index (χ2v) is 10.1. The molecule has 2 heterocycles. The van der Waals surface area contributed by atoms with Gasteiger partial charge in [-0.3, -0.25) is 0 Å². The van der Waals surface area contributed by atoms with Gasteiger partial charge in [0, 0.05) is 24.8 Å². The number of benzene rings is 2. The highest BCUT2D eigenvalue weighted by Gasteiger charge is 2.29. The number of carbonyl (C=O) groups excluding carboxylic acids is 1. The lowest BCUT2D eigenvalue weighted by molar-refractivity contribution is 0.0779. The van der Waals surface area contributed by atoms with Gasteiger partial charge in [0.1, 0.15) is 11.6 Å². The molecule has 8 heteroatoms. The third kappa shape index (κ3) is 6.43. The summed E-state index contributed by atoms with van der Waals surface area (Å²) in [7, 11) is 0. The molecule has 0 bridgehead atoms. The van der Waals surface area contributed by atoms with Gasteiger partial charge in [0.15, 0.2) is 0 Å². The van der Waals surface area contributed by atoms with Crippen molar-refractivity contribution < 1.29 is 18.7 Å². The highest BCUT2D eigenvalue weighted by Crippen LogP contribution is 2.33. The Labute approximate surface area is 212 Å². The summed E-state index contributed by atoms with van der Waals surface area (Å²) in [6.45, 7) is 9.34.